The topological polar surface area (TPSA) is 61.7 Å². The van der Waals surface area contributed by atoms with Gasteiger partial charge in [-0.15, -0.1) is 0 Å². The summed E-state index contributed by atoms with van der Waals surface area (Å²) in [5.41, 5.74) is 1.19. The van der Waals surface area contributed by atoms with Crippen LogP contribution in [0.15, 0.2) is 12.4 Å². The molecule has 126 valence electrons. The molecule has 0 spiro atoms. The Kier molecular flexibility index (Phi) is 4.66. The molecule has 1 aromatic heterocycles. The average Bonchev–Trinajstić information content (AvgIpc) is 3.16. The number of rotatable bonds is 3. The summed E-state index contributed by atoms with van der Waals surface area (Å²) < 4.78 is 1.81. The highest BCUT2D eigenvalue weighted by Gasteiger charge is 2.30. The summed E-state index contributed by atoms with van der Waals surface area (Å²) in [7, 11) is 1.92. The first-order valence-corrected chi connectivity index (χ1v) is 8.30. The Bertz CT molecular complexity index is 577. The molecular formula is C16H25N5O2. The van der Waals surface area contributed by atoms with Crippen LogP contribution in [0.3, 0.4) is 0 Å². The molecule has 23 heavy (non-hydrogen) atoms. The van der Waals surface area contributed by atoms with Gasteiger partial charge in [-0.1, -0.05) is 0 Å². The number of hydrogen-bond acceptors (Lipinski definition) is 4. The van der Waals surface area contributed by atoms with Crippen LogP contribution in [-0.4, -0.2) is 75.6 Å². The molecule has 7 heteroatoms. The van der Waals surface area contributed by atoms with Crippen molar-refractivity contribution in [1.82, 2.24) is 24.5 Å². The van der Waals surface area contributed by atoms with Gasteiger partial charge in [-0.05, 0) is 19.4 Å². The quantitative estimate of drug-likeness (QED) is 0.801. The van der Waals surface area contributed by atoms with Crippen LogP contribution >= 0.6 is 0 Å². The number of carbonyl (C=O) groups excluding carboxylic acids is 2. The molecule has 0 saturated carbocycles. The molecular weight excluding hydrogens is 294 g/mol. The Morgan fingerprint density at radius 1 is 1.17 bits per heavy atom. The van der Waals surface area contributed by atoms with E-state index in [4.69, 9.17) is 0 Å². The van der Waals surface area contributed by atoms with Gasteiger partial charge in [-0.25, -0.2) is 0 Å². The van der Waals surface area contributed by atoms with Crippen LogP contribution in [0.5, 0.6) is 0 Å². The van der Waals surface area contributed by atoms with Crippen molar-refractivity contribution >= 4 is 11.8 Å². The molecule has 2 amide bonds. The summed E-state index contributed by atoms with van der Waals surface area (Å²) in [6, 6.07) is 0.297. The summed E-state index contributed by atoms with van der Waals surface area (Å²) in [5, 5.41) is 4.25. The van der Waals surface area contributed by atoms with Crippen molar-refractivity contribution < 1.29 is 9.59 Å². The molecule has 0 aromatic carbocycles. The predicted molar refractivity (Wildman–Crippen MR) is 85.6 cm³/mol. The number of carbonyl (C=O) groups is 2. The molecule has 1 aromatic rings. The van der Waals surface area contributed by atoms with Crippen LogP contribution in [0.4, 0.5) is 0 Å². The van der Waals surface area contributed by atoms with E-state index in [1.807, 2.05) is 29.0 Å². The number of piperazine rings is 1. The van der Waals surface area contributed by atoms with Gasteiger partial charge < -0.3 is 9.80 Å². The average molecular weight is 319 g/mol. The third-order valence-corrected chi connectivity index (χ3v) is 4.89. The summed E-state index contributed by atoms with van der Waals surface area (Å²) in [5.74, 6) is 0.261. The molecule has 0 radical (unpaired) electrons. The first-order chi connectivity index (χ1) is 11.0. The Labute approximate surface area is 136 Å². The van der Waals surface area contributed by atoms with Crippen molar-refractivity contribution in [2.45, 2.75) is 25.8 Å². The molecule has 3 heterocycles. The van der Waals surface area contributed by atoms with E-state index in [9.17, 15) is 9.59 Å². The van der Waals surface area contributed by atoms with E-state index < -0.39 is 0 Å². The molecule has 1 atom stereocenters. The van der Waals surface area contributed by atoms with Gasteiger partial charge in [0.25, 0.3) is 0 Å². The fraction of sp³-hybridized carbons (Fsp3) is 0.688. The van der Waals surface area contributed by atoms with E-state index in [-0.39, 0.29) is 11.8 Å². The third-order valence-electron chi connectivity index (χ3n) is 4.89. The lowest BCUT2D eigenvalue weighted by atomic mass is 10.1. The summed E-state index contributed by atoms with van der Waals surface area (Å²) in [6.45, 7) is 5.58. The molecule has 2 aliphatic rings. The fourth-order valence-electron chi connectivity index (χ4n) is 3.55. The minimum atomic E-state index is 0.0910. The van der Waals surface area contributed by atoms with Crippen LogP contribution in [-0.2, 0) is 16.6 Å². The minimum absolute atomic E-state index is 0.0910. The van der Waals surface area contributed by atoms with Crippen LogP contribution in [0.2, 0.25) is 0 Å². The number of nitrogens with zero attached hydrogens (tertiary/aromatic N) is 5. The minimum Gasteiger partial charge on any atom is -0.339 e. The van der Waals surface area contributed by atoms with Crippen molar-refractivity contribution in [3.05, 3.63) is 18.0 Å². The lowest BCUT2D eigenvalue weighted by molar-refractivity contribution is -0.139. The highest BCUT2D eigenvalue weighted by molar-refractivity contribution is 5.79. The zero-order valence-corrected chi connectivity index (χ0v) is 13.9. The monoisotopic (exact) mass is 319 g/mol. The molecule has 2 saturated heterocycles. The Morgan fingerprint density at radius 3 is 2.48 bits per heavy atom. The van der Waals surface area contributed by atoms with Crippen molar-refractivity contribution in [2.24, 2.45) is 7.05 Å². The highest BCUT2D eigenvalue weighted by atomic mass is 16.2. The lowest BCUT2D eigenvalue weighted by Crippen LogP contribution is -2.52. The van der Waals surface area contributed by atoms with E-state index in [0.29, 0.717) is 38.8 Å². The molecule has 0 N–H and O–H groups in total. The van der Waals surface area contributed by atoms with E-state index in [0.717, 1.165) is 19.4 Å². The zero-order valence-electron chi connectivity index (χ0n) is 13.9. The largest absolute Gasteiger partial charge is 0.339 e. The molecule has 7 nitrogen and oxygen atoms in total. The van der Waals surface area contributed by atoms with Crippen molar-refractivity contribution in [2.75, 3.05) is 39.3 Å². The smallest absolute Gasteiger partial charge is 0.236 e. The molecule has 3 rings (SSSR count). The summed E-state index contributed by atoms with van der Waals surface area (Å²) >= 11 is 0. The van der Waals surface area contributed by atoms with Gasteiger partial charge in [-0.3, -0.25) is 19.2 Å². The van der Waals surface area contributed by atoms with Gasteiger partial charge >= 0.3 is 0 Å². The maximum atomic E-state index is 12.6. The normalized spacial score (nSPS) is 22.6. The Morgan fingerprint density at radius 2 is 1.87 bits per heavy atom. The maximum Gasteiger partial charge on any atom is 0.236 e. The van der Waals surface area contributed by atoms with Gasteiger partial charge in [0.05, 0.1) is 12.7 Å². The Balaban J connectivity index is 1.56. The van der Waals surface area contributed by atoms with Crippen molar-refractivity contribution in [3.63, 3.8) is 0 Å². The highest BCUT2D eigenvalue weighted by Crippen LogP contribution is 2.31. The molecule has 2 aliphatic heterocycles. The van der Waals surface area contributed by atoms with Crippen LogP contribution < -0.4 is 0 Å². The molecule has 2 fully saturated rings. The molecule has 0 bridgehead atoms. The second kappa shape index (κ2) is 6.70. The van der Waals surface area contributed by atoms with Crippen LogP contribution in [0.1, 0.15) is 31.4 Å². The standard InChI is InChI=1S/C16H25N5O2/c1-13(22)19-6-8-20(9-7-19)16(23)12-21-5-3-4-15(21)14-10-17-18(2)11-14/h10-11,15H,3-9,12H2,1-2H3/t15-/m1/s1. The number of aromatic nitrogens is 2. The van der Waals surface area contributed by atoms with E-state index in [1.54, 1.807) is 11.8 Å². The van der Waals surface area contributed by atoms with Gasteiger partial charge in [0.1, 0.15) is 0 Å². The van der Waals surface area contributed by atoms with Gasteiger partial charge in [0, 0.05) is 58.0 Å². The lowest BCUT2D eigenvalue weighted by Gasteiger charge is -2.35. The number of aryl methyl sites for hydroxylation is 1. The fourth-order valence-corrected chi connectivity index (χ4v) is 3.55. The zero-order chi connectivity index (χ0) is 16.4. The maximum absolute atomic E-state index is 12.6. The summed E-state index contributed by atoms with van der Waals surface area (Å²) in [6.07, 6.45) is 6.14. The van der Waals surface area contributed by atoms with E-state index in [2.05, 4.69) is 10.00 Å². The van der Waals surface area contributed by atoms with Gasteiger partial charge in [0.15, 0.2) is 0 Å². The second-order valence-corrected chi connectivity index (χ2v) is 6.46. The van der Waals surface area contributed by atoms with Gasteiger partial charge in [0.2, 0.25) is 11.8 Å². The second-order valence-electron chi connectivity index (χ2n) is 6.46. The van der Waals surface area contributed by atoms with Crippen molar-refractivity contribution in [1.29, 1.82) is 0 Å². The predicted octanol–water partition coefficient (Wildman–Crippen LogP) is 0.248. The first-order valence-electron chi connectivity index (χ1n) is 8.30. The SMILES string of the molecule is CC(=O)N1CCN(C(=O)CN2CCC[C@@H]2c2cnn(C)c2)CC1. The third kappa shape index (κ3) is 3.55. The van der Waals surface area contributed by atoms with Gasteiger partial charge in [-0.2, -0.15) is 5.10 Å². The molecule has 0 unspecified atom stereocenters. The number of likely N-dealkylation sites (tertiary alicyclic amines) is 1. The van der Waals surface area contributed by atoms with E-state index in [1.165, 1.54) is 5.56 Å². The molecule has 0 aliphatic carbocycles. The summed E-state index contributed by atoms with van der Waals surface area (Å²) in [4.78, 5) is 29.9. The van der Waals surface area contributed by atoms with Crippen LogP contribution in [0.25, 0.3) is 0 Å². The van der Waals surface area contributed by atoms with Crippen molar-refractivity contribution in [3.8, 4) is 0 Å². The first kappa shape index (κ1) is 16.0. The van der Waals surface area contributed by atoms with E-state index >= 15 is 0 Å². The van der Waals surface area contributed by atoms with Crippen LogP contribution in [0, 0.1) is 0 Å². The number of hydrogen-bond donors (Lipinski definition) is 0. The number of amides is 2. The Hall–Kier alpha value is -1.89.